The van der Waals surface area contributed by atoms with Crippen molar-refractivity contribution in [1.82, 2.24) is 4.90 Å². The molecule has 3 aliphatic heterocycles. The van der Waals surface area contributed by atoms with Gasteiger partial charge < -0.3 is 34.2 Å². The van der Waals surface area contributed by atoms with E-state index < -0.39 is 18.3 Å². The van der Waals surface area contributed by atoms with Crippen LogP contribution in [-0.4, -0.2) is 62.4 Å². The summed E-state index contributed by atoms with van der Waals surface area (Å²) >= 11 is 0. The fourth-order valence-corrected chi connectivity index (χ4v) is 5.39. The second-order valence-electron chi connectivity index (χ2n) is 12.0. The molecule has 2 fully saturated rings. The Morgan fingerprint density at radius 1 is 0.950 bits per heavy atom. The molecule has 1 aromatic heterocycles. The number of nitrogens with zero attached hydrogens (tertiary/aromatic N) is 2. The van der Waals surface area contributed by atoms with E-state index in [1.165, 1.54) is 5.69 Å². The highest BCUT2D eigenvalue weighted by molar-refractivity contribution is 6.62. The van der Waals surface area contributed by atoms with Gasteiger partial charge >= 0.3 is 7.12 Å². The molecule has 6 rings (SSSR count). The molecule has 4 heterocycles. The van der Waals surface area contributed by atoms with Crippen LogP contribution in [0.15, 0.2) is 59.2 Å². The molecule has 2 N–H and O–H groups in total. The maximum atomic E-state index is 13.5. The van der Waals surface area contributed by atoms with Crippen LogP contribution >= 0.6 is 0 Å². The largest absolute Gasteiger partial charge is 0.494 e. The minimum Gasteiger partial charge on any atom is -0.462 e. The van der Waals surface area contributed by atoms with Crippen LogP contribution in [-0.2, 0) is 14.1 Å². The number of benzene rings is 2. The van der Waals surface area contributed by atoms with Crippen molar-refractivity contribution in [3.8, 4) is 0 Å². The summed E-state index contributed by atoms with van der Waals surface area (Å²) in [6, 6.07) is 16.2. The van der Waals surface area contributed by atoms with E-state index in [0.29, 0.717) is 17.0 Å². The van der Waals surface area contributed by atoms with E-state index in [4.69, 9.17) is 13.7 Å². The first-order chi connectivity index (χ1) is 19.0. The third-order valence-corrected chi connectivity index (χ3v) is 8.66. The van der Waals surface area contributed by atoms with Crippen LogP contribution in [0.3, 0.4) is 0 Å². The van der Waals surface area contributed by atoms with Crippen LogP contribution in [0.1, 0.15) is 44.6 Å². The van der Waals surface area contributed by atoms with Gasteiger partial charge in [-0.05, 0) is 89.1 Å². The second kappa shape index (κ2) is 9.84. The van der Waals surface area contributed by atoms with Crippen molar-refractivity contribution in [2.24, 2.45) is 0 Å². The SMILES string of the molecule is Cc1ccoc1/C(Nc1ccc(N2CCN(C)CC2)cc1)=C1/C(=O)Nc2cc(B3OC(C)(C)C(C)(C)O3)ccc21. The summed E-state index contributed by atoms with van der Waals surface area (Å²) in [4.78, 5) is 18.2. The van der Waals surface area contributed by atoms with Crippen molar-refractivity contribution < 1.29 is 18.5 Å². The number of hydrogen-bond donors (Lipinski definition) is 2. The average Bonchev–Trinajstić information content (AvgIpc) is 3.55. The monoisotopic (exact) mass is 540 g/mol. The number of hydrogen-bond acceptors (Lipinski definition) is 7. The highest BCUT2D eigenvalue weighted by Gasteiger charge is 2.52. The average molecular weight is 540 g/mol. The molecule has 0 aliphatic carbocycles. The zero-order valence-electron chi connectivity index (χ0n) is 24.1. The van der Waals surface area contributed by atoms with E-state index in [1.54, 1.807) is 6.26 Å². The van der Waals surface area contributed by atoms with Crippen molar-refractivity contribution in [1.29, 1.82) is 0 Å². The molecule has 3 aromatic rings. The topological polar surface area (TPSA) is 79.2 Å². The fraction of sp³-hybridized carbons (Fsp3) is 0.387. The van der Waals surface area contributed by atoms with Crippen LogP contribution < -0.4 is 21.0 Å². The van der Waals surface area contributed by atoms with E-state index in [9.17, 15) is 4.79 Å². The minimum absolute atomic E-state index is 0.187. The van der Waals surface area contributed by atoms with Gasteiger partial charge in [-0.25, -0.2) is 0 Å². The van der Waals surface area contributed by atoms with Gasteiger partial charge in [0.2, 0.25) is 0 Å². The molecule has 0 saturated carbocycles. The van der Waals surface area contributed by atoms with Crippen molar-refractivity contribution in [2.45, 2.75) is 45.8 Å². The predicted molar refractivity (Wildman–Crippen MR) is 161 cm³/mol. The van der Waals surface area contributed by atoms with Crippen molar-refractivity contribution in [3.63, 3.8) is 0 Å². The maximum Gasteiger partial charge on any atom is 0.494 e. The highest BCUT2D eigenvalue weighted by atomic mass is 16.7. The summed E-state index contributed by atoms with van der Waals surface area (Å²) in [6.07, 6.45) is 1.65. The standard InChI is InChI=1S/C31H37BN4O4/c1-20-13-18-38-28(20)27(33-22-8-10-23(11-9-22)36-16-14-35(6)15-17-36)26-24-12-7-21(19-25(24)34-29(26)37)32-39-30(2,3)31(4,5)40-32/h7-13,18-19,33H,14-17H2,1-6H3,(H,34,37)/b27-26-. The van der Waals surface area contributed by atoms with E-state index >= 15 is 0 Å². The summed E-state index contributed by atoms with van der Waals surface area (Å²) in [5.41, 5.74) is 5.69. The summed E-state index contributed by atoms with van der Waals surface area (Å²) in [5.74, 6) is 0.449. The third kappa shape index (κ3) is 4.72. The molecule has 0 atom stereocenters. The van der Waals surface area contributed by atoms with Gasteiger partial charge in [0, 0.05) is 48.8 Å². The van der Waals surface area contributed by atoms with E-state index in [-0.39, 0.29) is 5.91 Å². The lowest BCUT2D eigenvalue weighted by Gasteiger charge is -2.34. The molecule has 9 heteroatoms. The molecule has 0 spiro atoms. The Morgan fingerprint density at radius 2 is 1.62 bits per heavy atom. The zero-order chi connectivity index (χ0) is 28.2. The van der Waals surface area contributed by atoms with Gasteiger partial charge in [-0.2, -0.15) is 0 Å². The van der Waals surface area contributed by atoms with E-state index in [1.807, 2.05) is 58.9 Å². The minimum atomic E-state index is -0.510. The number of furan rings is 1. The maximum absolute atomic E-state index is 13.5. The number of rotatable bonds is 5. The van der Waals surface area contributed by atoms with Gasteiger partial charge in [0.25, 0.3) is 5.91 Å². The molecule has 0 bridgehead atoms. The van der Waals surface area contributed by atoms with Crippen molar-refractivity contribution in [3.05, 3.63) is 71.7 Å². The molecule has 2 saturated heterocycles. The first kappa shape index (κ1) is 26.7. The number of nitrogens with one attached hydrogen (secondary N) is 2. The third-order valence-electron chi connectivity index (χ3n) is 8.66. The second-order valence-corrected chi connectivity index (χ2v) is 12.0. The predicted octanol–water partition coefficient (Wildman–Crippen LogP) is 4.57. The molecular formula is C31H37BN4O4. The van der Waals surface area contributed by atoms with Crippen LogP contribution in [0.4, 0.5) is 17.1 Å². The zero-order valence-corrected chi connectivity index (χ0v) is 24.1. The lowest BCUT2D eigenvalue weighted by atomic mass is 9.78. The highest BCUT2D eigenvalue weighted by Crippen LogP contribution is 2.40. The van der Waals surface area contributed by atoms with Gasteiger partial charge in [0.05, 0.1) is 28.7 Å². The molecule has 0 unspecified atom stereocenters. The van der Waals surface area contributed by atoms with Gasteiger partial charge in [0.15, 0.2) is 5.76 Å². The number of carbonyl (C=O) groups excluding carboxylic acids is 1. The lowest BCUT2D eigenvalue weighted by Crippen LogP contribution is -2.44. The summed E-state index contributed by atoms with van der Waals surface area (Å²) in [5, 5.41) is 6.57. The smallest absolute Gasteiger partial charge is 0.462 e. The van der Waals surface area contributed by atoms with E-state index in [0.717, 1.165) is 54.1 Å². The molecule has 1 amide bonds. The fourth-order valence-electron chi connectivity index (χ4n) is 5.39. The first-order valence-electron chi connectivity index (χ1n) is 13.9. The molecule has 208 valence electrons. The van der Waals surface area contributed by atoms with Crippen molar-refractivity contribution >= 4 is 46.8 Å². The molecule has 8 nitrogen and oxygen atoms in total. The van der Waals surface area contributed by atoms with Crippen molar-refractivity contribution in [2.75, 3.05) is 48.8 Å². The molecular weight excluding hydrogens is 503 g/mol. The number of aryl methyl sites for hydroxylation is 1. The Labute approximate surface area is 236 Å². The van der Waals surface area contributed by atoms with Crippen LogP contribution in [0.2, 0.25) is 0 Å². The summed E-state index contributed by atoms with van der Waals surface area (Å²) in [7, 11) is 1.65. The number of piperazine rings is 1. The Kier molecular flexibility index (Phi) is 6.56. The summed E-state index contributed by atoms with van der Waals surface area (Å²) in [6.45, 7) is 14.2. The van der Waals surface area contributed by atoms with Crippen LogP contribution in [0.25, 0.3) is 11.3 Å². The van der Waals surface area contributed by atoms with E-state index in [2.05, 4.69) is 51.7 Å². The quantitative estimate of drug-likeness (QED) is 0.363. The van der Waals surface area contributed by atoms with Gasteiger partial charge in [0.1, 0.15) is 0 Å². The molecule has 40 heavy (non-hydrogen) atoms. The normalized spacial score (nSPS) is 21.4. The number of amides is 1. The Morgan fingerprint density at radius 3 is 2.25 bits per heavy atom. The summed E-state index contributed by atoms with van der Waals surface area (Å²) < 4.78 is 18.4. The number of anilines is 3. The molecule has 0 radical (unpaired) electrons. The van der Waals surface area contributed by atoms with Crippen LogP contribution in [0, 0.1) is 6.92 Å². The van der Waals surface area contributed by atoms with Gasteiger partial charge in [-0.15, -0.1) is 0 Å². The Hall–Kier alpha value is -3.53. The van der Waals surface area contributed by atoms with Crippen LogP contribution in [0.5, 0.6) is 0 Å². The number of fused-ring (bicyclic) bond motifs is 1. The van der Waals surface area contributed by atoms with Gasteiger partial charge in [-0.1, -0.05) is 12.1 Å². The molecule has 3 aliphatic rings. The Bertz CT molecular complexity index is 1450. The number of likely N-dealkylation sites (N-methyl/N-ethyl adjacent to an activating group) is 1. The lowest BCUT2D eigenvalue weighted by molar-refractivity contribution is -0.110. The Balaban J connectivity index is 1.33. The van der Waals surface area contributed by atoms with Gasteiger partial charge in [-0.3, -0.25) is 4.79 Å². The first-order valence-corrected chi connectivity index (χ1v) is 13.9. The molecule has 2 aromatic carbocycles. The number of carbonyl (C=O) groups is 1.